The first kappa shape index (κ1) is 18.5. The van der Waals surface area contributed by atoms with Gasteiger partial charge in [-0.05, 0) is 25.0 Å². The normalized spacial score (nSPS) is 16.3. The second-order valence-electron chi connectivity index (χ2n) is 6.56. The largest absolute Gasteiger partial charge is 0.480 e. The molecular weight excluding hydrogens is 354 g/mol. The Morgan fingerprint density at radius 2 is 1.93 bits per heavy atom. The number of aliphatic carboxylic acids is 1. The van der Waals surface area contributed by atoms with Crippen molar-refractivity contribution in [3.05, 3.63) is 46.5 Å². The molecule has 2 aromatic rings. The standard InChI is InChI=1S/C17H19N5O5/c23-15(20-17(16(24)25)7-3-1-2-4-8-17)12-5-6-13(14(9-12)22(26)27)21-11-18-10-19-21/h5-6,9-11H,1-4,7-8H2,(H,20,23)(H,24,25). The summed E-state index contributed by atoms with van der Waals surface area (Å²) in [5.74, 6) is -1.72. The maximum Gasteiger partial charge on any atom is 0.329 e. The molecule has 1 aromatic heterocycles. The SMILES string of the molecule is O=C(NC1(C(=O)O)CCCCCC1)c1ccc(-n2cncn2)c([N+](=O)[O-])c1. The third-order valence-corrected chi connectivity index (χ3v) is 4.82. The number of aromatic nitrogens is 3. The van der Waals surface area contributed by atoms with Crippen LogP contribution in [0.4, 0.5) is 5.69 Å². The second kappa shape index (κ2) is 7.52. The van der Waals surface area contributed by atoms with Gasteiger partial charge in [-0.3, -0.25) is 14.9 Å². The summed E-state index contributed by atoms with van der Waals surface area (Å²) >= 11 is 0. The topological polar surface area (TPSA) is 140 Å². The lowest BCUT2D eigenvalue weighted by Gasteiger charge is -2.29. The predicted octanol–water partition coefficient (Wildman–Crippen LogP) is 2.08. The van der Waals surface area contributed by atoms with Crippen molar-refractivity contribution in [2.24, 2.45) is 0 Å². The fourth-order valence-corrected chi connectivity index (χ4v) is 3.35. The van der Waals surface area contributed by atoms with Gasteiger partial charge in [0.2, 0.25) is 0 Å². The number of hydrogen-bond donors (Lipinski definition) is 2. The molecule has 0 radical (unpaired) electrons. The minimum absolute atomic E-state index is 0.0236. The smallest absolute Gasteiger partial charge is 0.329 e. The number of nitrogens with zero attached hydrogens (tertiary/aromatic N) is 4. The molecule has 1 aliphatic rings. The van der Waals surface area contributed by atoms with Gasteiger partial charge in [-0.15, -0.1) is 0 Å². The van der Waals surface area contributed by atoms with Gasteiger partial charge in [0.05, 0.1) is 4.92 Å². The van der Waals surface area contributed by atoms with Crippen LogP contribution in [0.5, 0.6) is 0 Å². The monoisotopic (exact) mass is 373 g/mol. The summed E-state index contributed by atoms with van der Waals surface area (Å²) in [4.78, 5) is 39.1. The van der Waals surface area contributed by atoms with Gasteiger partial charge in [0, 0.05) is 11.6 Å². The van der Waals surface area contributed by atoms with Crippen LogP contribution in [0.1, 0.15) is 48.9 Å². The summed E-state index contributed by atoms with van der Waals surface area (Å²) in [5.41, 5.74) is -1.47. The van der Waals surface area contributed by atoms with Gasteiger partial charge in [0.1, 0.15) is 23.9 Å². The van der Waals surface area contributed by atoms with Gasteiger partial charge in [-0.1, -0.05) is 25.7 Å². The average molecular weight is 373 g/mol. The molecule has 0 spiro atoms. The first-order valence-corrected chi connectivity index (χ1v) is 8.62. The lowest BCUT2D eigenvalue weighted by Crippen LogP contribution is -2.54. The Morgan fingerprint density at radius 3 is 2.48 bits per heavy atom. The summed E-state index contributed by atoms with van der Waals surface area (Å²) in [7, 11) is 0. The number of nitro benzene ring substituents is 1. The molecule has 142 valence electrons. The Morgan fingerprint density at radius 1 is 1.22 bits per heavy atom. The molecule has 2 N–H and O–H groups in total. The minimum atomic E-state index is -1.34. The van der Waals surface area contributed by atoms with E-state index in [1.54, 1.807) is 0 Å². The van der Waals surface area contributed by atoms with Crippen LogP contribution >= 0.6 is 0 Å². The molecule has 1 heterocycles. The van der Waals surface area contributed by atoms with Crippen LogP contribution in [-0.4, -0.2) is 42.2 Å². The zero-order valence-corrected chi connectivity index (χ0v) is 14.5. The van der Waals surface area contributed by atoms with Crippen molar-refractivity contribution in [3.8, 4) is 5.69 Å². The molecule has 1 saturated carbocycles. The number of hydrogen-bond acceptors (Lipinski definition) is 6. The van der Waals surface area contributed by atoms with Crippen molar-refractivity contribution in [2.45, 2.75) is 44.1 Å². The van der Waals surface area contributed by atoms with E-state index in [-0.39, 0.29) is 16.9 Å². The van der Waals surface area contributed by atoms with Crippen LogP contribution in [0.2, 0.25) is 0 Å². The summed E-state index contributed by atoms with van der Waals surface area (Å²) in [6.07, 6.45) is 6.49. The number of carbonyl (C=O) groups excluding carboxylic acids is 1. The number of carboxylic acids is 1. The zero-order chi connectivity index (χ0) is 19.4. The van der Waals surface area contributed by atoms with Crippen LogP contribution in [0.25, 0.3) is 5.69 Å². The highest BCUT2D eigenvalue weighted by Crippen LogP contribution is 2.29. The van der Waals surface area contributed by atoms with E-state index in [0.717, 1.165) is 18.9 Å². The Hall–Kier alpha value is -3.30. The Kier molecular flexibility index (Phi) is 5.15. The Labute approximate surface area is 154 Å². The van der Waals surface area contributed by atoms with Crippen LogP contribution in [0.3, 0.4) is 0 Å². The number of rotatable bonds is 5. The summed E-state index contributed by atoms with van der Waals surface area (Å²) in [5, 5.41) is 27.6. The van der Waals surface area contributed by atoms with Gasteiger partial charge in [0.25, 0.3) is 11.6 Å². The van der Waals surface area contributed by atoms with Crippen molar-refractivity contribution < 1.29 is 19.6 Å². The Balaban J connectivity index is 1.91. The fourth-order valence-electron chi connectivity index (χ4n) is 3.35. The zero-order valence-electron chi connectivity index (χ0n) is 14.5. The molecule has 0 bridgehead atoms. The quantitative estimate of drug-likeness (QED) is 0.464. The molecule has 3 rings (SSSR count). The highest BCUT2D eigenvalue weighted by atomic mass is 16.6. The average Bonchev–Trinajstić information content (AvgIpc) is 3.07. The molecule has 27 heavy (non-hydrogen) atoms. The lowest BCUT2D eigenvalue weighted by atomic mass is 9.89. The van der Waals surface area contributed by atoms with Gasteiger partial charge < -0.3 is 10.4 Å². The lowest BCUT2D eigenvalue weighted by molar-refractivity contribution is -0.384. The number of benzene rings is 1. The maximum atomic E-state index is 12.7. The van der Waals surface area contributed by atoms with Crippen LogP contribution in [0.15, 0.2) is 30.9 Å². The summed E-state index contributed by atoms with van der Waals surface area (Å²) < 4.78 is 1.23. The molecule has 10 nitrogen and oxygen atoms in total. The van der Waals surface area contributed by atoms with Crippen LogP contribution < -0.4 is 5.32 Å². The van der Waals surface area contributed by atoms with Gasteiger partial charge in [-0.2, -0.15) is 5.10 Å². The predicted molar refractivity (Wildman–Crippen MR) is 93.5 cm³/mol. The number of carbonyl (C=O) groups is 2. The minimum Gasteiger partial charge on any atom is -0.480 e. The molecule has 1 fully saturated rings. The number of nitrogens with one attached hydrogen (secondary N) is 1. The van der Waals surface area contributed by atoms with Gasteiger partial charge >= 0.3 is 5.97 Å². The third kappa shape index (κ3) is 3.78. The number of carboxylic acid groups (broad SMARTS) is 1. The van der Waals surface area contributed by atoms with Gasteiger partial charge in [0.15, 0.2) is 0 Å². The molecule has 0 atom stereocenters. The van der Waals surface area contributed by atoms with Crippen molar-refractivity contribution in [1.29, 1.82) is 0 Å². The molecule has 1 aliphatic carbocycles. The maximum absolute atomic E-state index is 12.7. The molecule has 0 saturated heterocycles. The fraction of sp³-hybridized carbons (Fsp3) is 0.412. The molecule has 0 aliphatic heterocycles. The van der Waals surface area contributed by atoms with E-state index in [4.69, 9.17) is 0 Å². The van der Waals surface area contributed by atoms with E-state index in [2.05, 4.69) is 15.4 Å². The van der Waals surface area contributed by atoms with Gasteiger partial charge in [-0.25, -0.2) is 14.5 Å². The van der Waals surface area contributed by atoms with E-state index < -0.39 is 22.3 Å². The molecule has 0 unspecified atom stereocenters. The van der Waals surface area contributed by atoms with E-state index in [1.807, 2.05) is 0 Å². The molecule has 10 heteroatoms. The van der Waals surface area contributed by atoms with Crippen molar-refractivity contribution in [2.75, 3.05) is 0 Å². The first-order chi connectivity index (χ1) is 12.9. The molecule has 1 aromatic carbocycles. The number of amides is 1. The van der Waals surface area contributed by atoms with E-state index >= 15 is 0 Å². The third-order valence-electron chi connectivity index (χ3n) is 4.82. The van der Waals surface area contributed by atoms with Crippen molar-refractivity contribution >= 4 is 17.6 Å². The van der Waals surface area contributed by atoms with E-state index in [9.17, 15) is 24.8 Å². The Bertz CT molecular complexity index is 857. The van der Waals surface area contributed by atoms with E-state index in [0.29, 0.717) is 25.7 Å². The van der Waals surface area contributed by atoms with Crippen LogP contribution in [0, 0.1) is 10.1 Å². The highest BCUT2D eigenvalue weighted by molar-refractivity contribution is 5.98. The molecular formula is C17H19N5O5. The number of nitro groups is 1. The second-order valence-corrected chi connectivity index (χ2v) is 6.56. The summed E-state index contributed by atoms with van der Waals surface area (Å²) in [6.45, 7) is 0. The molecule has 1 amide bonds. The highest BCUT2D eigenvalue weighted by Gasteiger charge is 2.40. The van der Waals surface area contributed by atoms with Crippen molar-refractivity contribution in [3.63, 3.8) is 0 Å². The van der Waals surface area contributed by atoms with E-state index in [1.165, 1.54) is 29.5 Å². The van der Waals surface area contributed by atoms with Crippen molar-refractivity contribution in [1.82, 2.24) is 20.1 Å². The summed E-state index contributed by atoms with van der Waals surface area (Å²) in [6, 6.07) is 3.92. The van der Waals surface area contributed by atoms with Crippen LogP contribution in [-0.2, 0) is 4.79 Å². The first-order valence-electron chi connectivity index (χ1n) is 8.62.